The smallest absolute Gasteiger partial charge is 0.331 e. The third kappa shape index (κ3) is 2.04. The van der Waals surface area contributed by atoms with E-state index in [1.54, 1.807) is 6.20 Å². The maximum Gasteiger partial charge on any atom is 0.331 e. The van der Waals surface area contributed by atoms with Gasteiger partial charge in [-0.2, -0.15) is 0 Å². The van der Waals surface area contributed by atoms with Crippen LogP contribution in [0.25, 0.3) is 11.5 Å². The van der Waals surface area contributed by atoms with Crippen molar-refractivity contribution in [3.63, 3.8) is 0 Å². The van der Waals surface area contributed by atoms with Crippen molar-refractivity contribution >= 4 is 5.97 Å². The molecule has 7 nitrogen and oxygen atoms in total. The zero-order valence-electron chi connectivity index (χ0n) is 11.7. The number of nitrogens with zero attached hydrogens (tertiary/aromatic N) is 5. The molecule has 0 fully saturated rings. The van der Waals surface area contributed by atoms with E-state index in [4.69, 9.17) is 0 Å². The third-order valence-electron chi connectivity index (χ3n) is 3.66. The van der Waals surface area contributed by atoms with Crippen LogP contribution in [0.1, 0.15) is 32.3 Å². The van der Waals surface area contributed by atoms with Gasteiger partial charge in [-0.05, 0) is 41.8 Å². The number of pyridine rings is 1. The Balaban J connectivity index is 2.64. The topological polar surface area (TPSA) is 93.8 Å². The molecule has 2 rings (SSSR count). The number of aliphatic carboxylic acids is 1. The van der Waals surface area contributed by atoms with Gasteiger partial charge in [-0.3, -0.25) is 4.98 Å². The Hall–Kier alpha value is -2.31. The van der Waals surface area contributed by atoms with Crippen LogP contribution >= 0.6 is 0 Å². The molecule has 0 saturated carbocycles. The Labute approximate surface area is 116 Å². The number of hydrogen-bond donors (Lipinski definition) is 1. The van der Waals surface area contributed by atoms with Crippen molar-refractivity contribution in [1.29, 1.82) is 0 Å². The first-order valence-electron chi connectivity index (χ1n) is 6.51. The minimum Gasteiger partial charge on any atom is -0.479 e. The van der Waals surface area contributed by atoms with Gasteiger partial charge in [0.1, 0.15) is 5.69 Å². The van der Waals surface area contributed by atoms with Crippen LogP contribution in [0.5, 0.6) is 0 Å². The first-order chi connectivity index (χ1) is 9.56. The van der Waals surface area contributed by atoms with Gasteiger partial charge in [0.05, 0.1) is 0 Å². The lowest BCUT2D eigenvalue weighted by atomic mass is 9.93. The highest BCUT2D eigenvalue weighted by atomic mass is 16.4. The molecular formula is C13H17N5O2. The highest BCUT2D eigenvalue weighted by Gasteiger charge is 2.40. The van der Waals surface area contributed by atoms with E-state index in [-0.39, 0.29) is 0 Å². The second-order valence-corrected chi connectivity index (χ2v) is 4.63. The van der Waals surface area contributed by atoms with Crippen LogP contribution in [0.4, 0.5) is 0 Å². The fraction of sp³-hybridized carbons (Fsp3) is 0.462. The molecule has 0 radical (unpaired) electrons. The third-order valence-corrected chi connectivity index (χ3v) is 3.66. The first-order valence-corrected chi connectivity index (χ1v) is 6.51. The summed E-state index contributed by atoms with van der Waals surface area (Å²) in [6.07, 6.45) is 2.42. The SMILES string of the molecule is CCC(CC)(C(=O)O)n1nnnc1-c1ncccc1C. The number of rotatable bonds is 5. The van der Waals surface area contributed by atoms with E-state index in [0.29, 0.717) is 24.4 Å². The van der Waals surface area contributed by atoms with E-state index in [9.17, 15) is 9.90 Å². The van der Waals surface area contributed by atoms with Crippen molar-refractivity contribution in [3.8, 4) is 11.5 Å². The van der Waals surface area contributed by atoms with Crippen LogP contribution < -0.4 is 0 Å². The summed E-state index contributed by atoms with van der Waals surface area (Å²) in [6, 6.07) is 3.71. The van der Waals surface area contributed by atoms with Gasteiger partial charge in [0.15, 0.2) is 5.54 Å². The maximum absolute atomic E-state index is 11.7. The zero-order valence-corrected chi connectivity index (χ0v) is 11.7. The predicted octanol–water partition coefficient (Wildman–Crippen LogP) is 1.64. The molecule has 0 aliphatic rings. The molecule has 106 valence electrons. The molecular weight excluding hydrogens is 258 g/mol. The van der Waals surface area contributed by atoms with Crippen LogP contribution in [-0.4, -0.2) is 36.3 Å². The Morgan fingerprint density at radius 3 is 2.65 bits per heavy atom. The van der Waals surface area contributed by atoms with Gasteiger partial charge in [0.2, 0.25) is 5.82 Å². The average Bonchev–Trinajstić information content (AvgIpc) is 2.91. The van der Waals surface area contributed by atoms with Crippen LogP contribution in [0, 0.1) is 6.92 Å². The highest BCUT2D eigenvalue weighted by molar-refractivity contribution is 5.77. The average molecular weight is 275 g/mol. The van der Waals surface area contributed by atoms with Crippen LogP contribution in [0.15, 0.2) is 18.3 Å². The van der Waals surface area contributed by atoms with Crippen molar-refractivity contribution in [3.05, 3.63) is 23.9 Å². The van der Waals surface area contributed by atoms with Gasteiger partial charge in [0, 0.05) is 6.20 Å². The quantitative estimate of drug-likeness (QED) is 0.891. The Morgan fingerprint density at radius 1 is 1.40 bits per heavy atom. The number of carboxylic acids is 1. The molecule has 0 amide bonds. The minimum absolute atomic E-state index is 0.384. The molecule has 0 saturated heterocycles. The fourth-order valence-electron chi connectivity index (χ4n) is 2.29. The van der Waals surface area contributed by atoms with Crippen molar-refractivity contribution in [1.82, 2.24) is 25.2 Å². The minimum atomic E-state index is -1.15. The van der Waals surface area contributed by atoms with Crippen LogP contribution in [0.2, 0.25) is 0 Å². The second kappa shape index (κ2) is 5.36. The maximum atomic E-state index is 11.7. The van der Waals surface area contributed by atoms with Gasteiger partial charge in [-0.1, -0.05) is 19.9 Å². The molecule has 0 aromatic carbocycles. The zero-order chi connectivity index (χ0) is 14.8. The van der Waals surface area contributed by atoms with E-state index in [2.05, 4.69) is 20.5 Å². The fourth-order valence-corrected chi connectivity index (χ4v) is 2.29. The number of hydrogen-bond acceptors (Lipinski definition) is 5. The molecule has 0 bridgehead atoms. The monoisotopic (exact) mass is 275 g/mol. The lowest BCUT2D eigenvalue weighted by Crippen LogP contribution is -2.42. The van der Waals surface area contributed by atoms with Gasteiger partial charge in [-0.25, -0.2) is 9.48 Å². The summed E-state index contributed by atoms with van der Waals surface area (Å²) in [5.74, 6) is -0.557. The van der Waals surface area contributed by atoms with E-state index >= 15 is 0 Å². The van der Waals surface area contributed by atoms with Crippen LogP contribution in [-0.2, 0) is 10.3 Å². The predicted molar refractivity (Wildman–Crippen MR) is 72.0 cm³/mol. The summed E-state index contributed by atoms with van der Waals surface area (Å²) in [5.41, 5.74) is 0.350. The standard InChI is InChI=1S/C13H17N5O2/c1-4-13(5-2,12(19)20)18-11(15-16-17-18)10-9(3)7-6-8-14-10/h6-8H,4-5H2,1-3H3,(H,19,20). The van der Waals surface area contributed by atoms with E-state index < -0.39 is 11.5 Å². The molecule has 0 spiro atoms. The highest BCUT2D eigenvalue weighted by Crippen LogP contribution is 2.29. The molecule has 0 atom stereocenters. The largest absolute Gasteiger partial charge is 0.479 e. The molecule has 7 heteroatoms. The van der Waals surface area contributed by atoms with E-state index in [1.807, 2.05) is 32.9 Å². The molecule has 0 unspecified atom stereocenters. The van der Waals surface area contributed by atoms with Crippen molar-refractivity contribution in [2.45, 2.75) is 39.2 Å². The summed E-state index contributed by atoms with van der Waals surface area (Å²) in [5, 5.41) is 21.1. The molecule has 2 aromatic heterocycles. The van der Waals surface area contributed by atoms with Crippen LogP contribution in [0.3, 0.4) is 0 Å². The summed E-state index contributed by atoms with van der Waals surface area (Å²) in [7, 11) is 0. The molecule has 0 aliphatic carbocycles. The van der Waals surface area contributed by atoms with Crippen molar-refractivity contribution in [2.24, 2.45) is 0 Å². The van der Waals surface area contributed by atoms with Crippen molar-refractivity contribution in [2.75, 3.05) is 0 Å². The summed E-state index contributed by atoms with van der Waals surface area (Å²) < 4.78 is 1.38. The van der Waals surface area contributed by atoms with Gasteiger partial charge in [0.25, 0.3) is 0 Å². The number of tetrazole rings is 1. The molecule has 2 aromatic rings. The molecule has 0 aliphatic heterocycles. The number of carboxylic acid groups (broad SMARTS) is 1. The van der Waals surface area contributed by atoms with Gasteiger partial charge < -0.3 is 5.11 Å². The summed E-state index contributed by atoms with van der Waals surface area (Å²) >= 11 is 0. The van der Waals surface area contributed by atoms with Crippen molar-refractivity contribution < 1.29 is 9.90 Å². The Morgan fingerprint density at radius 2 is 2.10 bits per heavy atom. The number of carbonyl (C=O) groups is 1. The normalized spacial score (nSPS) is 11.6. The van der Waals surface area contributed by atoms with Gasteiger partial charge in [-0.15, -0.1) is 5.10 Å². The Kier molecular flexibility index (Phi) is 3.78. The molecule has 2 heterocycles. The molecule has 20 heavy (non-hydrogen) atoms. The lowest BCUT2D eigenvalue weighted by molar-refractivity contribution is -0.148. The Bertz CT molecular complexity index is 619. The first kappa shape index (κ1) is 14.1. The second-order valence-electron chi connectivity index (χ2n) is 4.63. The van der Waals surface area contributed by atoms with E-state index in [1.165, 1.54) is 4.68 Å². The van der Waals surface area contributed by atoms with Gasteiger partial charge >= 0.3 is 5.97 Å². The number of aromatic nitrogens is 5. The lowest BCUT2D eigenvalue weighted by Gasteiger charge is -2.27. The van der Waals surface area contributed by atoms with E-state index in [0.717, 1.165) is 5.56 Å². The summed E-state index contributed by atoms with van der Waals surface area (Å²) in [6.45, 7) is 5.52. The summed E-state index contributed by atoms with van der Waals surface area (Å²) in [4.78, 5) is 16.0. The number of aryl methyl sites for hydroxylation is 1. The molecule has 1 N–H and O–H groups in total.